The van der Waals surface area contributed by atoms with Gasteiger partial charge < -0.3 is 9.47 Å². The summed E-state index contributed by atoms with van der Waals surface area (Å²) in [6, 6.07) is 37.8. The second-order valence-corrected chi connectivity index (χ2v) is 8.84. The predicted octanol–water partition coefficient (Wildman–Crippen LogP) is 7.26. The van der Waals surface area contributed by atoms with Crippen molar-refractivity contribution in [1.29, 1.82) is 0 Å². The lowest BCUT2D eigenvalue weighted by Crippen LogP contribution is -2.18. The van der Waals surface area contributed by atoms with Gasteiger partial charge in [0, 0.05) is 18.3 Å². The average Bonchev–Trinajstić information content (AvgIpc) is 2.86. The van der Waals surface area contributed by atoms with Crippen LogP contribution in [0.4, 0.5) is 0 Å². The van der Waals surface area contributed by atoms with E-state index >= 15 is 0 Å². The van der Waals surface area contributed by atoms with Crippen LogP contribution >= 0.6 is 0 Å². The van der Waals surface area contributed by atoms with Crippen LogP contribution < -0.4 is 9.47 Å². The molecule has 0 aliphatic carbocycles. The molecular formula is C31H32O2. The van der Waals surface area contributed by atoms with Crippen molar-refractivity contribution < 1.29 is 9.47 Å². The zero-order valence-corrected chi connectivity index (χ0v) is 19.5. The number of hydrogen-bond donors (Lipinski definition) is 0. The van der Waals surface area contributed by atoms with Gasteiger partial charge in [0.1, 0.15) is 11.5 Å². The molecule has 4 rings (SSSR count). The van der Waals surface area contributed by atoms with Crippen LogP contribution in [0.1, 0.15) is 36.1 Å². The van der Waals surface area contributed by atoms with E-state index in [9.17, 15) is 0 Å². The first-order valence-electron chi connectivity index (χ1n) is 11.7. The van der Waals surface area contributed by atoms with Crippen LogP contribution in [0.2, 0.25) is 0 Å². The lowest BCUT2D eigenvalue weighted by molar-refractivity contribution is 0.321. The van der Waals surface area contributed by atoms with E-state index < -0.39 is 0 Å². The first kappa shape index (κ1) is 22.7. The minimum Gasteiger partial charge on any atom is -0.493 e. The highest BCUT2D eigenvalue weighted by Crippen LogP contribution is 2.33. The lowest BCUT2D eigenvalue weighted by Gasteiger charge is -2.26. The van der Waals surface area contributed by atoms with E-state index in [2.05, 4.69) is 111 Å². The standard InChI is InChI=1S/C31H32O2/c1-31(2,27-13-17-29(18-14-27)32-23-21-25-9-5-3-6-10-25)28-15-19-30(20-16-28)33-24-22-26-11-7-4-8-12-26/h3-20H,21-24H2,1-2H3. The normalized spacial score (nSPS) is 11.2. The third-order valence-corrected chi connectivity index (χ3v) is 6.16. The van der Waals surface area contributed by atoms with Crippen LogP contribution in [0.5, 0.6) is 11.5 Å². The fraction of sp³-hybridized carbons (Fsp3) is 0.226. The molecule has 4 aromatic carbocycles. The maximum atomic E-state index is 5.95. The van der Waals surface area contributed by atoms with Crippen molar-refractivity contribution in [3.05, 3.63) is 131 Å². The van der Waals surface area contributed by atoms with Crippen LogP contribution in [0.15, 0.2) is 109 Å². The van der Waals surface area contributed by atoms with Gasteiger partial charge in [0.25, 0.3) is 0 Å². The first-order valence-corrected chi connectivity index (χ1v) is 11.7. The molecule has 0 amide bonds. The highest BCUT2D eigenvalue weighted by atomic mass is 16.5. The van der Waals surface area contributed by atoms with E-state index in [1.54, 1.807) is 0 Å². The van der Waals surface area contributed by atoms with Crippen molar-refractivity contribution in [2.75, 3.05) is 13.2 Å². The highest BCUT2D eigenvalue weighted by Gasteiger charge is 2.23. The van der Waals surface area contributed by atoms with Gasteiger partial charge in [-0.1, -0.05) is 98.8 Å². The Morgan fingerprint density at radius 1 is 0.485 bits per heavy atom. The molecule has 0 N–H and O–H groups in total. The van der Waals surface area contributed by atoms with Crippen LogP contribution in [-0.2, 0) is 18.3 Å². The van der Waals surface area contributed by atoms with Gasteiger partial charge in [-0.3, -0.25) is 0 Å². The molecule has 0 radical (unpaired) electrons. The zero-order chi connectivity index (χ0) is 22.9. The van der Waals surface area contributed by atoms with Crippen molar-refractivity contribution in [3.8, 4) is 11.5 Å². The molecule has 0 heterocycles. The van der Waals surface area contributed by atoms with Crippen LogP contribution in [0, 0.1) is 0 Å². The first-order chi connectivity index (χ1) is 16.1. The van der Waals surface area contributed by atoms with Gasteiger partial charge in [0.05, 0.1) is 13.2 Å². The van der Waals surface area contributed by atoms with Crippen molar-refractivity contribution in [2.45, 2.75) is 32.1 Å². The van der Waals surface area contributed by atoms with Crippen molar-refractivity contribution in [2.24, 2.45) is 0 Å². The third kappa shape index (κ3) is 6.26. The summed E-state index contributed by atoms with van der Waals surface area (Å²) >= 11 is 0. The topological polar surface area (TPSA) is 18.5 Å². The Balaban J connectivity index is 1.31. The van der Waals surface area contributed by atoms with Gasteiger partial charge in [0.2, 0.25) is 0 Å². The van der Waals surface area contributed by atoms with Crippen molar-refractivity contribution >= 4 is 0 Å². The fourth-order valence-electron chi connectivity index (χ4n) is 3.97. The summed E-state index contributed by atoms with van der Waals surface area (Å²) in [5.74, 6) is 1.82. The number of hydrogen-bond acceptors (Lipinski definition) is 2. The Hall–Kier alpha value is -3.52. The van der Waals surface area contributed by atoms with Crippen molar-refractivity contribution in [3.63, 3.8) is 0 Å². The molecule has 4 aromatic rings. The van der Waals surface area contributed by atoms with Gasteiger partial charge in [-0.2, -0.15) is 0 Å². The smallest absolute Gasteiger partial charge is 0.119 e. The summed E-state index contributed by atoms with van der Waals surface area (Å²) in [6.07, 6.45) is 1.82. The van der Waals surface area contributed by atoms with Gasteiger partial charge in [0.15, 0.2) is 0 Å². The molecule has 33 heavy (non-hydrogen) atoms. The van der Waals surface area contributed by atoms with E-state index in [0.717, 1.165) is 24.3 Å². The largest absolute Gasteiger partial charge is 0.493 e. The molecule has 0 aromatic heterocycles. The summed E-state index contributed by atoms with van der Waals surface area (Å²) in [5.41, 5.74) is 5.00. The molecule has 0 fully saturated rings. The minimum absolute atomic E-state index is 0.106. The Morgan fingerprint density at radius 2 is 0.848 bits per heavy atom. The molecule has 0 saturated carbocycles. The van der Waals surface area contributed by atoms with Gasteiger partial charge in [-0.15, -0.1) is 0 Å². The van der Waals surface area contributed by atoms with E-state index in [1.807, 2.05) is 12.1 Å². The fourth-order valence-corrected chi connectivity index (χ4v) is 3.97. The van der Waals surface area contributed by atoms with E-state index in [1.165, 1.54) is 22.3 Å². The van der Waals surface area contributed by atoms with E-state index in [4.69, 9.17) is 9.47 Å². The van der Waals surface area contributed by atoms with Gasteiger partial charge >= 0.3 is 0 Å². The quantitative estimate of drug-likeness (QED) is 0.260. The average molecular weight is 437 g/mol. The lowest BCUT2D eigenvalue weighted by atomic mass is 9.78. The molecular weight excluding hydrogens is 404 g/mol. The molecule has 0 aliphatic rings. The third-order valence-electron chi connectivity index (χ3n) is 6.16. The SMILES string of the molecule is CC(C)(c1ccc(OCCc2ccccc2)cc1)c1ccc(OCCc2ccccc2)cc1. The Morgan fingerprint density at radius 3 is 1.21 bits per heavy atom. The molecule has 0 aliphatic heterocycles. The monoisotopic (exact) mass is 436 g/mol. The molecule has 2 heteroatoms. The van der Waals surface area contributed by atoms with Gasteiger partial charge in [-0.25, -0.2) is 0 Å². The molecule has 0 unspecified atom stereocenters. The summed E-state index contributed by atoms with van der Waals surface area (Å²) in [5, 5.41) is 0. The van der Waals surface area contributed by atoms with E-state index in [0.29, 0.717) is 13.2 Å². The Bertz CT molecular complexity index is 1010. The maximum absolute atomic E-state index is 5.95. The predicted molar refractivity (Wildman–Crippen MR) is 136 cm³/mol. The van der Waals surface area contributed by atoms with Crippen LogP contribution in [0.25, 0.3) is 0 Å². The summed E-state index contributed by atoms with van der Waals surface area (Å²) in [4.78, 5) is 0. The van der Waals surface area contributed by atoms with Gasteiger partial charge in [-0.05, 0) is 46.5 Å². The second-order valence-electron chi connectivity index (χ2n) is 8.84. The molecule has 0 saturated heterocycles. The summed E-state index contributed by atoms with van der Waals surface area (Å²) in [6.45, 7) is 5.87. The van der Waals surface area contributed by atoms with E-state index in [-0.39, 0.29) is 5.41 Å². The minimum atomic E-state index is -0.106. The highest BCUT2D eigenvalue weighted by molar-refractivity contribution is 5.42. The maximum Gasteiger partial charge on any atom is 0.119 e. The number of benzene rings is 4. The molecule has 0 atom stereocenters. The number of ether oxygens (including phenoxy) is 2. The van der Waals surface area contributed by atoms with Crippen LogP contribution in [-0.4, -0.2) is 13.2 Å². The second kappa shape index (κ2) is 10.9. The molecule has 0 bridgehead atoms. The van der Waals surface area contributed by atoms with Crippen LogP contribution in [0.3, 0.4) is 0 Å². The Kier molecular flexibility index (Phi) is 7.47. The summed E-state index contributed by atoms with van der Waals surface area (Å²) < 4.78 is 11.9. The Labute approximate surface area is 197 Å². The number of rotatable bonds is 10. The van der Waals surface area contributed by atoms with Crippen molar-refractivity contribution in [1.82, 2.24) is 0 Å². The summed E-state index contributed by atoms with van der Waals surface area (Å²) in [7, 11) is 0. The molecule has 0 spiro atoms. The zero-order valence-electron chi connectivity index (χ0n) is 19.5. The molecule has 2 nitrogen and oxygen atoms in total. The molecule has 168 valence electrons.